The van der Waals surface area contributed by atoms with Crippen LogP contribution >= 0.6 is 10.8 Å². The molecule has 3 N–H and O–H groups in total. The lowest BCUT2D eigenvalue weighted by atomic mass is 10.1. The summed E-state index contributed by atoms with van der Waals surface area (Å²) in [6.07, 6.45) is 0.683. The topological polar surface area (TPSA) is 126 Å². The van der Waals surface area contributed by atoms with Crippen molar-refractivity contribution < 1.29 is 22.3 Å². The molecule has 0 bridgehead atoms. The van der Waals surface area contributed by atoms with Crippen molar-refractivity contribution in [3.8, 4) is 0 Å². The molecule has 3 rings (SSSR count). The van der Waals surface area contributed by atoms with Gasteiger partial charge in [0.1, 0.15) is 5.69 Å². The van der Waals surface area contributed by atoms with E-state index in [-0.39, 0.29) is 17.3 Å². The predicted molar refractivity (Wildman–Crippen MR) is 121 cm³/mol. The smallest absolute Gasteiger partial charge is 0.469 e. The number of benzene rings is 1. The first-order chi connectivity index (χ1) is 15.1. The van der Waals surface area contributed by atoms with Gasteiger partial charge in [-0.2, -0.15) is 18.3 Å². The minimum atomic E-state index is -5.25. The van der Waals surface area contributed by atoms with Crippen molar-refractivity contribution in [2.75, 3.05) is 36.8 Å². The summed E-state index contributed by atoms with van der Waals surface area (Å²) in [6.45, 7) is 5.61. The van der Waals surface area contributed by atoms with Crippen molar-refractivity contribution in [3.63, 3.8) is 0 Å². The van der Waals surface area contributed by atoms with Crippen LogP contribution in [0.3, 0.4) is 0 Å². The molecular weight excluding hydrogens is 449 g/mol. The average Bonchev–Trinajstić information content (AvgIpc) is 3.30. The van der Waals surface area contributed by atoms with Crippen LogP contribution in [0.1, 0.15) is 19.4 Å². The average molecular weight is 475 g/mol. The van der Waals surface area contributed by atoms with Gasteiger partial charge in [0.2, 0.25) is 0 Å². The highest BCUT2D eigenvalue weighted by Crippen LogP contribution is 2.56. The number of hydrogen-bond acceptors (Lipinski definition) is 7. The lowest BCUT2D eigenvalue weighted by Gasteiger charge is -2.35. The predicted octanol–water partition coefficient (Wildman–Crippen LogP) is 6.57. The highest BCUT2D eigenvalue weighted by atomic mass is 32.3. The second-order valence-corrected chi connectivity index (χ2v) is 8.64. The van der Waals surface area contributed by atoms with Crippen LogP contribution < -0.4 is 9.62 Å². The number of alkyl halides is 3. The van der Waals surface area contributed by atoms with Crippen molar-refractivity contribution in [1.29, 1.82) is 0 Å². The maximum atomic E-state index is 13.1. The number of azo groups is 1. The van der Waals surface area contributed by atoms with Gasteiger partial charge in [0.15, 0.2) is 0 Å². The number of likely N-dealkylation sites (N-methyl/N-ethyl adjacent to an activating group) is 1. The van der Waals surface area contributed by atoms with Crippen LogP contribution in [0.5, 0.6) is 0 Å². The SMILES string of the molecule is CCN1CCc2cc(N=Nc3nc([N-]C)c([N-]C)n3CC)c(NS(O)(O)C(F)(F)F)cc21. The second kappa shape index (κ2) is 9.03. The molecule has 2 aromatic rings. The Balaban J connectivity index is 2.07. The van der Waals surface area contributed by atoms with E-state index >= 15 is 0 Å². The molecule has 0 aliphatic carbocycles. The first-order valence-corrected chi connectivity index (χ1v) is 11.4. The molecule has 0 amide bonds. The van der Waals surface area contributed by atoms with Crippen molar-refractivity contribution in [3.05, 3.63) is 28.3 Å². The molecule has 0 saturated heterocycles. The zero-order valence-electron chi connectivity index (χ0n) is 18.1. The van der Waals surface area contributed by atoms with Crippen LogP contribution in [0, 0.1) is 0 Å². The van der Waals surface area contributed by atoms with E-state index in [0.29, 0.717) is 43.4 Å². The molecule has 0 spiro atoms. The maximum Gasteiger partial charge on any atom is 0.514 e. The van der Waals surface area contributed by atoms with Crippen molar-refractivity contribution in [1.82, 2.24) is 9.55 Å². The molecule has 2 heterocycles. The monoisotopic (exact) mass is 474 g/mol. The molecule has 1 aliphatic heterocycles. The van der Waals surface area contributed by atoms with Gasteiger partial charge in [0.05, 0.1) is 11.6 Å². The largest absolute Gasteiger partial charge is 0.514 e. The molecule has 1 aromatic heterocycles. The van der Waals surface area contributed by atoms with Gasteiger partial charge in [0, 0.05) is 18.8 Å². The number of nitrogens with one attached hydrogen (secondary N) is 1. The quantitative estimate of drug-likeness (QED) is 0.373. The number of halogens is 3. The molecule has 1 aromatic carbocycles. The molecular formula is C18H25F3N8O2S-2. The number of hydrogen-bond donors (Lipinski definition) is 3. The number of fused-ring (bicyclic) bond motifs is 1. The van der Waals surface area contributed by atoms with Gasteiger partial charge in [-0.1, -0.05) is 32.7 Å². The fraction of sp³-hybridized carbons (Fsp3) is 0.500. The first kappa shape index (κ1) is 23.9. The van der Waals surface area contributed by atoms with Crippen molar-refractivity contribution in [2.45, 2.75) is 32.3 Å². The van der Waals surface area contributed by atoms with E-state index in [1.54, 1.807) is 24.7 Å². The minimum absolute atomic E-state index is 0.0292. The standard InChI is InChI=1S/C18H25F3N8O2S/c1-5-28-8-7-11-9-12(13(10-14(11)28)27-32(30,31)18(19,20)21)25-26-17-24-15(22-3)16(23-4)29(17)6-2/h9-10,27,30-31H,5-8H2,1-4H3/q-2. The Bertz CT molecular complexity index is 1010. The van der Waals surface area contributed by atoms with Crippen molar-refractivity contribution in [2.24, 2.45) is 10.2 Å². The fourth-order valence-electron chi connectivity index (χ4n) is 3.45. The van der Waals surface area contributed by atoms with Gasteiger partial charge in [-0.3, -0.25) is 13.8 Å². The zero-order valence-corrected chi connectivity index (χ0v) is 18.9. The zero-order chi connectivity index (χ0) is 23.7. The van der Waals surface area contributed by atoms with E-state index in [2.05, 4.69) is 25.8 Å². The van der Waals surface area contributed by atoms with Crippen LogP contribution in [0.4, 0.5) is 47.8 Å². The highest BCUT2D eigenvalue weighted by Gasteiger charge is 2.46. The normalized spacial score (nSPS) is 14.7. The molecule has 0 atom stereocenters. The third kappa shape index (κ3) is 4.42. The Labute approximate surface area is 185 Å². The summed E-state index contributed by atoms with van der Waals surface area (Å²) >= 11 is 0. The summed E-state index contributed by atoms with van der Waals surface area (Å²) in [5, 5.41) is 16.4. The van der Waals surface area contributed by atoms with E-state index in [1.807, 2.05) is 23.5 Å². The summed E-state index contributed by atoms with van der Waals surface area (Å²) < 4.78 is 62.1. The van der Waals surface area contributed by atoms with E-state index in [4.69, 9.17) is 0 Å². The molecule has 10 nitrogen and oxygen atoms in total. The highest BCUT2D eigenvalue weighted by molar-refractivity contribution is 8.26. The Kier molecular flexibility index (Phi) is 6.76. The van der Waals surface area contributed by atoms with Gasteiger partial charge in [-0.25, -0.2) is 0 Å². The molecule has 0 saturated carbocycles. The van der Waals surface area contributed by atoms with E-state index in [0.717, 1.165) is 5.56 Å². The van der Waals surface area contributed by atoms with Crippen LogP contribution in [0.15, 0.2) is 22.4 Å². The third-order valence-electron chi connectivity index (χ3n) is 5.04. The van der Waals surface area contributed by atoms with Crippen LogP contribution in [0.25, 0.3) is 10.6 Å². The number of aromatic nitrogens is 2. The van der Waals surface area contributed by atoms with Crippen LogP contribution in [-0.2, 0) is 13.0 Å². The molecule has 0 fully saturated rings. The van der Waals surface area contributed by atoms with E-state index < -0.39 is 16.3 Å². The molecule has 0 radical (unpaired) electrons. The molecule has 0 unspecified atom stereocenters. The second-order valence-electron chi connectivity index (χ2n) is 6.87. The van der Waals surface area contributed by atoms with Gasteiger partial charge < -0.3 is 25.1 Å². The van der Waals surface area contributed by atoms with Crippen LogP contribution in [-0.4, -0.2) is 51.3 Å². The number of rotatable bonds is 8. The Morgan fingerprint density at radius 1 is 1.16 bits per heavy atom. The Morgan fingerprint density at radius 2 is 1.88 bits per heavy atom. The van der Waals surface area contributed by atoms with E-state index in [9.17, 15) is 22.3 Å². The molecule has 32 heavy (non-hydrogen) atoms. The molecule has 178 valence electrons. The van der Waals surface area contributed by atoms with Crippen molar-refractivity contribution >= 4 is 45.4 Å². The maximum absolute atomic E-state index is 13.1. The Morgan fingerprint density at radius 3 is 2.44 bits per heavy atom. The summed E-state index contributed by atoms with van der Waals surface area (Å²) in [5.74, 6) is 1.04. The van der Waals surface area contributed by atoms with Gasteiger partial charge in [0.25, 0.3) is 0 Å². The minimum Gasteiger partial charge on any atom is -0.469 e. The third-order valence-corrected chi connectivity index (χ3v) is 6.19. The lowest BCUT2D eigenvalue weighted by Crippen LogP contribution is -2.26. The lowest BCUT2D eigenvalue weighted by molar-refractivity contribution is -0.0518. The fourth-order valence-corrected chi connectivity index (χ4v) is 4.04. The Hall–Kier alpha value is -2.71. The summed E-state index contributed by atoms with van der Waals surface area (Å²) in [7, 11) is -2.00. The van der Waals surface area contributed by atoms with Gasteiger partial charge in [-0.05, 0) is 48.4 Å². The van der Waals surface area contributed by atoms with Crippen LogP contribution in [0.2, 0.25) is 0 Å². The van der Waals surface area contributed by atoms with E-state index in [1.165, 1.54) is 6.07 Å². The number of anilines is 2. The molecule has 14 heteroatoms. The molecule has 1 aliphatic rings. The summed E-state index contributed by atoms with van der Waals surface area (Å²) in [6, 6.07) is 3.03. The summed E-state index contributed by atoms with van der Waals surface area (Å²) in [4.78, 5) is 6.25. The van der Waals surface area contributed by atoms with Gasteiger partial charge >= 0.3 is 5.51 Å². The summed E-state index contributed by atoms with van der Waals surface area (Å²) in [5.41, 5.74) is -3.83. The van der Waals surface area contributed by atoms with Gasteiger partial charge in [-0.15, -0.1) is 5.11 Å². The number of nitrogens with zero attached hydrogens (tertiary/aromatic N) is 7. The number of imidazole rings is 1. The first-order valence-electron chi connectivity index (χ1n) is 9.82.